The Kier molecular flexibility index (Phi) is 4.19. The number of aryl methyl sites for hydroxylation is 1. The summed E-state index contributed by atoms with van der Waals surface area (Å²) < 4.78 is 1.79. The maximum Gasteiger partial charge on any atom is 0.239 e. The van der Waals surface area contributed by atoms with Gasteiger partial charge < -0.3 is 5.32 Å². The van der Waals surface area contributed by atoms with E-state index in [1.165, 1.54) is 12.8 Å². The highest BCUT2D eigenvalue weighted by Gasteiger charge is 2.15. The number of nitrogens with one attached hydrogen (secondary N) is 1. The molecule has 3 heterocycles. The van der Waals surface area contributed by atoms with E-state index >= 15 is 0 Å². The summed E-state index contributed by atoms with van der Waals surface area (Å²) in [7, 11) is 1.91. The molecule has 2 aromatic heterocycles. The maximum atomic E-state index is 12.2. The van der Waals surface area contributed by atoms with Crippen molar-refractivity contribution in [2.45, 2.75) is 12.8 Å². The molecular weight excluding hydrogens is 314 g/mol. The van der Waals surface area contributed by atoms with Crippen molar-refractivity contribution in [3.63, 3.8) is 0 Å². The predicted molar refractivity (Wildman–Crippen MR) is 98.2 cm³/mol. The Morgan fingerprint density at radius 1 is 1.12 bits per heavy atom. The van der Waals surface area contributed by atoms with E-state index in [0.29, 0.717) is 12.4 Å². The number of carbonyl (C=O) groups excluding carboxylic acids is 1. The molecule has 0 radical (unpaired) electrons. The molecule has 1 amide bonds. The van der Waals surface area contributed by atoms with Gasteiger partial charge >= 0.3 is 0 Å². The second-order valence-electron chi connectivity index (χ2n) is 6.57. The summed E-state index contributed by atoms with van der Waals surface area (Å²) in [5.74, 6) is 0.595. The highest BCUT2D eigenvalue weighted by molar-refractivity contribution is 5.94. The van der Waals surface area contributed by atoms with Gasteiger partial charge in [0.05, 0.1) is 12.7 Å². The van der Waals surface area contributed by atoms with Crippen LogP contribution in [-0.4, -0.2) is 45.2 Å². The van der Waals surface area contributed by atoms with E-state index in [1.807, 2.05) is 31.6 Å². The number of benzene rings is 1. The van der Waals surface area contributed by atoms with Crippen LogP contribution in [0.4, 0.5) is 5.82 Å². The van der Waals surface area contributed by atoms with Crippen LogP contribution < -0.4 is 5.32 Å². The molecule has 1 aliphatic rings. The van der Waals surface area contributed by atoms with Gasteiger partial charge in [0.1, 0.15) is 5.82 Å². The monoisotopic (exact) mass is 335 g/mol. The second-order valence-corrected chi connectivity index (χ2v) is 6.57. The standard InChI is InChI=1S/C19H21N5O/c1-23-12-17(11-21-23)14-4-5-15-10-20-18(9-16(15)8-14)22-19(25)13-24-6-2-3-7-24/h4-5,8-12H,2-3,6-7,13H2,1H3,(H,20,22,25). The first kappa shape index (κ1) is 15.8. The van der Waals surface area contributed by atoms with Gasteiger partial charge in [0.2, 0.25) is 5.91 Å². The molecule has 1 aromatic carbocycles. The summed E-state index contributed by atoms with van der Waals surface area (Å²) in [6.45, 7) is 2.45. The number of pyridine rings is 1. The molecule has 6 nitrogen and oxygen atoms in total. The molecule has 0 saturated carbocycles. The molecule has 0 spiro atoms. The third kappa shape index (κ3) is 3.53. The van der Waals surface area contributed by atoms with Gasteiger partial charge in [-0.05, 0) is 49.0 Å². The van der Waals surface area contributed by atoms with Crippen molar-refractivity contribution in [3.05, 3.63) is 42.9 Å². The van der Waals surface area contributed by atoms with Crippen LogP contribution in [0.1, 0.15) is 12.8 Å². The minimum Gasteiger partial charge on any atom is -0.310 e. The van der Waals surface area contributed by atoms with Crippen LogP contribution in [0.15, 0.2) is 42.9 Å². The summed E-state index contributed by atoms with van der Waals surface area (Å²) >= 11 is 0. The first-order valence-corrected chi connectivity index (χ1v) is 8.58. The highest BCUT2D eigenvalue weighted by Crippen LogP contribution is 2.25. The number of anilines is 1. The Morgan fingerprint density at radius 3 is 2.72 bits per heavy atom. The fourth-order valence-corrected chi connectivity index (χ4v) is 3.29. The molecule has 0 aliphatic carbocycles. The molecule has 25 heavy (non-hydrogen) atoms. The van der Waals surface area contributed by atoms with Gasteiger partial charge in [-0.15, -0.1) is 0 Å². The van der Waals surface area contributed by atoms with Crippen LogP contribution in [0.25, 0.3) is 21.9 Å². The van der Waals surface area contributed by atoms with Crippen LogP contribution in [0.3, 0.4) is 0 Å². The Hall–Kier alpha value is -2.73. The smallest absolute Gasteiger partial charge is 0.239 e. The third-order valence-electron chi connectivity index (χ3n) is 4.59. The summed E-state index contributed by atoms with van der Waals surface area (Å²) in [6, 6.07) is 8.13. The fourth-order valence-electron chi connectivity index (χ4n) is 3.29. The van der Waals surface area contributed by atoms with E-state index in [1.54, 1.807) is 10.9 Å². The number of rotatable bonds is 4. The molecular formula is C19H21N5O. The number of likely N-dealkylation sites (tertiary alicyclic amines) is 1. The average molecular weight is 335 g/mol. The normalized spacial score (nSPS) is 14.9. The maximum absolute atomic E-state index is 12.2. The van der Waals surface area contributed by atoms with Gasteiger partial charge in [-0.1, -0.05) is 12.1 Å². The van der Waals surface area contributed by atoms with Gasteiger partial charge in [0, 0.05) is 30.4 Å². The Bertz CT molecular complexity index is 911. The van der Waals surface area contributed by atoms with E-state index in [2.05, 4.69) is 32.4 Å². The number of fused-ring (bicyclic) bond motifs is 1. The zero-order valence-corrected chi connectivity index (χ0v) is 14.3. The molecule has 0 atom stereocenters. The Labute approximate surface area is 146 Å². The molecule has 0 unspecified atom stereocenters. The van der Waals surface area contributed by atoms with Crippen molar-refractivity contribution in [2.24, 2.45) is 7.05 Å². The van der Waals surface area contributed by atoms with E-state index < -0.39 is 0 Å². The largest absolute Gasteiger partial charge is 0.310 e. The molecule has 1 saturated heterocycles. The average Bonchev–Trinajstić information content (AvgIpc) is 3.26. The topological polar surface area (TPSA) is 63.1 Å². The van der Waals surface area contributed by atoms with Crippen LogP contribution in [-0.2, 0) is 11.8 Å². The third-order valence-corrected chi connectivity index (χ3v) is 4.59. The number of hydrogen-bond acceptors (Lipinski definition) is 4. The molecule has 1 fully saturated rings. The number of amides is 1. The van der Waals surface area contributed by atoms with Crippen LogP contribution in [0.2, 0.25) is 0 Å². The van der Waals surface area contributed by atoms with Crippen molar-refractivity contribution in [1.82, 2.24) is 19.7 Å². The van der Waals surface area contributed by atoms with E-state index in [4.69, 9.17) is 0 Å². The lowest BCUT2D eigenvalue weighted by molar-refractivity contribution is -0.117. The minimum atomic E-state index is -0.00263. The first-order chi connectivity index (χ1) is 12.2. The fraction of sp³-hybridized carbons (Fsp3) is 0.316. The van der Waals surface area contributed by atoms with Gasteiger partial charge in [0.15, 0.2) is 0 Å². The lowest BCUT2D eigenvalue weighted by Crippen LogP contribution is -2.31. The van der Waals surface area contributed by atoms with Crippen molar-refractivity contribution in [2.75, 3.05) is 25.0 Å². The Morgan fingerprint density at radius 2 is 1.96 bits per heavy atom. The lowest BCUT2D eigenvalue weighted by atomic mass is 10.1. The van der Waals surface area contributed by atoms with Crippen LogP contribution >= 0.6 is 0 Å². The molecule has 4 rings (SSSR count). The summed E-state index contributed by atoms with van der Waals surface area (Å²) in [5, 5.41) is 9.23. The number of hydrogen-bond donors (Lipinski definition) is 1. The van der Waals surface area contributed by atoms with Gasteiger partial charge in [-0.25, -0.2) is 4.98 Å². The molecule has 6 heteroatoms. The van der Waals surface area contributed by atoms with Crippen molar-refractivity contribution in [3.8, 4) is 11.1 Å². The zero-order chi connectivity index (χ0) is 17.2. The lowest BCUT2D eigenvalue weighted by Gasteiger charge is -2.14. The van der Waals surface area contributed by atoms with Gasteiger partial charge in [-0.2, -0.15) is 5.10 Å². The molecule has 1 aliphatic heterocycles. The number of carbonyl (C=O) groups is 1. The van der Waals surface area contributed by atoms with Gasteiger partial charge in [-0.3, -0.25) is 14.4 Å². The zero-order valence-electron chi connectivity index (χ0n) is 14.3. The summed E-state index contributed by atoms with van der Waals surface area (Å²) in [4.78, 5) is 18.7. The van der Waals surface area contributed by atoms with Crippen LogP contribution in [0.5, 0.6) is 0 Å². The highest BCUT2D eigenvalue weighted by atomic mass is 16.2. The number of nitrogens with zero attached hydrogens (tertiary/aromatic N) is 4. The summed E-state index contributed by atoms with van der Waals surface area (Å²) in [5.41, 5.74) is 2.17. The molecule has 3 aromatic rings. The van der Waals surface area contributed by atoms with Crippen molar-refractivity contribution >= 4 is 22.5 Å². The van der Waals surface area contributed by atoms with Gasteiger partial charge in [0.25, 0.3) is 0 Å². The van der Waals surface area contributed by atoms with Crippen LogP contribution in [0, 0.1) is 0 Å². The van der Waals surface area contributed by atoms with E-state index in [9.17, 15) is 4.79 Å². The molecule has 128 valence electrons. The summed E-state index contributed by atoms with van der Waals surface area (Å²) in [6.07, 6.45) is 7.99. The first-order valence-electron chi connectivity index (χ1n) is 8.58. The van der Waals surface area contributed by atoms with Crippen molar-refractivity contribution in [1.29, 1.82) is 0 Å². The van der Waals surface area contributed by atoms with E-state index in [0.717, 1.165) is 35.0 Å². The quantitative estimate of drug-likeness (QED) is 0.796. The van der Waals surface area contributed by atoms with Crippen molar-refractivity contribution < 1.29 is 4.79 Å². The predicted octanol–water partition coefficient (Wildman–Crippen LogP) is 2.67. The minimum absolute atomic E-state index is 0.00263. The molecule has 1 N–H and O–H groups in total. The second kappa shape index (κ2) is 6.64. The Balaban J connectivity index is 1.54. The molecule has 0 bridgehead atoms. The SMILES string of the molecule is Cn1cc(-c2ccc3cnc(NC(=O)CN4CCCC4)cc3c2)cn1. The number of aromatic nitrogens is 3. The van der Waals surface area contributed by atoms with E-state index in [-0.39, 0.29) is 5.91 Å².